The van der Waals surface area contributed by atoms with Gasteiger partial charge in [-0.05, 0) is 41.9 Å². The summed E-state index contributed by atoms with van der Waals surface area (Å²) >= 11 is 0. The van der Waals surface area contributed by atoms with Gasteiger partial charge in [0.1, 0.15) is 0 Å². The quantitative estimate of drug-likeness (QED) is 0.582. The molecule has 0 spiro atoms. The molecular formula is C15H30. The maximum absolute atomic E-state index is 2.49. The second-order valence-electron chi connectivity index (χ2n) is 7.69. The highest BCUT2D eigenvalue weighted by Gasteiger charge is 2.35. The molecule has 0 radical (unpaired) electrons. The van der Waals surface area contributed by atoms with E-state index < -0.39 is 0 Å². The van der Waals surface area contributed by atoms with Crippen molar-refractivity contribution >= 4 is 0 Å². The monoisotopic (exact) mass is 210 g/mol. The lowest BCUT2D eigenvalue weighted by Gasteiger charge is -2.42. The third-order valence-corrected chi connectivity index (χ3v) is 4.03. The van der Waals surface area contributed by atoms with Crippen LogP contribution in [0.1, 0.15) is 73.6 Å². The molecule has 2 atom stereocenters. The molecular weight excluding hydrogens is 180 g/mol. The molecule has 0 nitrogen and oxygen atoms in total. The molecule has 2 unspecified atom stereocenters. The minimum atomic E-state index is 0.476. The van der Waals surface area contributed by atoms with E-state index in [4.69, 9.17) is 0 Å². The van der Waals surface area contributed by atoms with E-state index in [0.29, 0.717) is 10.8 Å². The fourth-order valence-electron chi connectivity index (χ4n) is 3.66. The summed E-state index contributed by atoms with van der Waals surface area (Å²) in [6.45, 7) is 14.5. The van der Waals surface area contributed by atoms with Gasteiger partial charge in [0.15, 0.2) is 0 Å². The summed E-state index contributed by atoms with van der Waals surface area (Å²) in [7, 11) is 0. The highest BCUT2D eigenvalue weighted by Crippen LogP contribution is 2.46. The Morgan fingerprint density at radius 2 is 1.60 bits per heavy atom. The molecule has 0 N–H and O–H groups in total. The van der Waals surface area contributed by atoms with Crippen molar-refractivity contribution in [3.05, 3.63) is 0 Å². The average molecular weight is 210 g/mol. The van der Waals surface area contributed by atoms with Crippen LogP contribution in [0.4, 0.5) is 0 Å². The van der Waals surface area contributed by atoms with E-state index >= 15 is 0 Å². The molecule has 15 heavy (non-hydrogen) atoms. The number of hydrogen-bond acceptors (Lipinski definition) is 0. The Bertz CT molecular complexity index is 195. The third kappa shape index (κ3) is 4.17. The predicted molar refractivity (Wildman–Crippen MR) is 69.0 cm³/mol. The maximum atomic E-state index is 2.49. The van der Waals surface area contributed by atoms with Gasteiger partial charge in [0.25, 0.3) is 0 Å². The Kier molecular flexibility index (Phi) is 3.90. The summed E-state index contributed by atoms with van der Waals surface area (Å²) in [6.07, 6.45) is 7.20. The lowest BCUT2D eigenvalue weighted by molar-refractivity contribution is 0.0828. The fourth-order valence-corrected chi connectivity index (χ4v) is 3.66. The molecule has 0 bridgehead atoms. The molecule has 0 aromatic heterocycles. The molecule has 0 heterocycles. The van der Waals surface area contributed by atoms with Gasteiger partial charge in [0.05, 0.1) is 0 Å². The molecule has 1 saturated carbocycles. The predicted octanol–water partition coefficient (Wildman–Crippen LogP) is 5.28. The van der Waals surface area contributed by atoms with Gasteiger partial charge in [0.2, 0.25) is 0 Å². The summed E-state index contributed by atoms with van der Waals surface area (Å²) in [6, 6.07) is 0. The summed E-state index contributed by atoms with van der Waals surface area (Å²) in [5.74, 6) is 1.92. The van der Waals surface area contributed by atoms with Crippen LogP contribution in [0.15, 0.2) is 0 Å². The van der Waals surface area contributed by atoms with Crippen molar-refractivity contribution in [3.8, 4) is 0 Å². The van der Waals surface area contributed by atoms with Gasteiger partial charge in [-0.25, -0.2) is 0 Å². The Morgan fingerprint density at radius 1 is 1.00 bits per heavy atom. The van der Waals surface area contributed by atoms with Crippen LogP contribution in [0.2, 0.25) is 0 Å². The van der Waals surface area contributed by atoms with Crippen LogP contribution in [-0.4, -0.2) is 0 Å². The molecule has 0 saturated heterocycles. The van der Waals surface area contributed by atoms with Crippen LogP contribution in [0.25, 0.3) is 0 Å². The summed E-state index contributed by atoms with van der Waals surface area (Å²) in [5, 5.41) is 0. The first-order chi connectivity index (χ1) is 6.71. The highest BCUT2D eigenvalue weighted by atomic mass is 14.4. The summed E-state index contributed by atoms with van der Waals surface area (Å²) in [5.41, 5.74) is 1.01. The van der Waals surface area contributed by atoms with Crippen LogP contribution in [0.5, 0.6) is 0 Å². The second kappa shape index (κ2) is 4.47. The molecule has 0 amide bonds. The highest BCUT2D eigenvalue weighted by molar-refractivity contribution is 4.86. The first kappa shape index (κ1) is 13.1. The Morgan fingerprint density at radius 3 is 2.07 bits per heavy atom. The van der Waals surface area contributed by atoms with Crippen molar-refractivity contribution in [2.75, 3.05) is 0 Å². The molecule has 0 aliphatic heterocycles. The van der Waals surface area contributed by atoms with Crippen molar-refractivity contribution in [1.29, 1.82) is 0 Å². The minimum Gasteiger partial charge on any atom is -0.0625 e. The zero-order valence-electron chi connectivity index (χ0n) is 11.7. The van der Waals surface area contributed by atoms with Gasteiger partial charge in [-0.2, -0.15) is 0 Å². The van der Waals surface area contributed by atoms with Crippen LogP contribution >= 0.6 is 0 Å². The van der Waals surface area contributed by atoms with Crippen molar-refractivity contribution in [1.82, 2.24) is 0 Å². The van der Waals surface area contributed by atoms with E-state index in [2.05, 4.69) is 41.5 Å². The molecule has 1 rings (SSSR count). The molecule has 0 aromatic carbocycles. The fraction of sp³-hybridized carbons (Fsp3) is 1.00. The largest absolute Gasteiger partial charge is 0.0625 e. The first-order valence-electron chi connectivity index (χ1n) is 6.71. The van der Waals surface area contributed by atoms with E-state index in [0.717, 1.165) is 11.8 Å². The van der Waals surface area contributed by atoms with Crippen molar-refractivity contribution in [2.45, 2.75) is 73.6 Å². The zero-order valence-corrected chi connectivity index (χ0v) is 11.7. The summed E-state index contributed by atoms with van der Waals surface area (Å²) in [4.78, 5) is 0. The van der Waals surface area contributed by atoms with E-state index in [9.17, 15) is 0 Å². The van der Waals surface area contributed by atoms with Gasteiger partial charge < -0.3 is 0 Å². The number of hydrogen-bond donors (Lipinski definition) is 0. The molecule has 0 heteroatoms. The molecule has 1 fully saturated rings. The van der Waals surface area contributed by atoms with Crippen LogP contribution in [0.3, 0.4) is 0 Å². The van der Waals surface area contributed by atoms with Gasteiger partial charge in [-0.1, -0.05) is 54.4 Å². The first-order valence-corrected chi connectivity index (χ1v) is 6.71. The smallest absolute Gasteiger partial charge is 0.0321 e. The van der Waals surface area contributed by atoms with Crippen LogP contribution in [0, 0.1) is 22.7 Å². The minimum absolute atomic E-state index is 0.476. The molecule has 90 valence electrons. The van der Waals surface area contributed by atoms with Crippen molar-refractivity contribution in [3.63, 3.8) is 0 Å². The summed E-state index contributed by atoms with van der Waals surface area (Å²) < 4.78 is 0. The number of rotatable bonds is 2. The third-order valence-electron chi connectivity index (χ3n) is 4.03. The lowest BCUT2D eigenvalue weighted by atomic mass is 9.63. The normalized spacial score (nSPS) is 29.2. The van der Waals surface area contributed by atoms with Gasteiger partial charge in [-0.15, -0.1) is 0 Å². The SMILES string of the molecule is CC1CCCC(C(C)(C)CC(C)(C)C)C1. The van der Waals surface area contributed by atoms with Gasteiger partial charge in [0, 0.05) is 0 Å². The average Bonchev–Trinajstić information content (AvgIpc) is 1.99. The van der Waals surface area contributed by atoms with Gasteiger partial charge >= 0.3 is 0 Å². The van der Waals surface area contributed by atoms with E-state index in [-0.39, 0.29) is 0 Å². The maximum Gasteiger partial charge on any atom is -0.0321 e. The Hall–Kier alpha value is 0. The van der Waals surface area contributed by atoms with E-state index in [1.165, 1.54) is 32.1 Å². The Labute approximate surface area is 96.8 Å². The topological polar surface area (TPSA) is 0 Å². The van der Waals surface area contributed by atoms with Crippen molar-refractivity contribution in [2.24, 2.45) is 22.7 Å². The van der Waals surface area contributed by atoms with E-state index in [1.54, 1.807) is 0 Å². The van der Waals surface area contributed by atoms with Crippen LogP contribution < -0.4 is 0 Å². The molecule has 1 aliphatic carbocycles. The Balaban J connectivity index is 2.59. The second-order valence-corrected chi connectivity index (χ2v) is 7.69. The van der Waals surface area contributed by atoms with Crippen LogP contribution in [-0.2, 0) is 0 Å². The van der Waals surface area contributed by atoms with Crippen molar-refractivity contribution < 1.29 is 0 Å². The molecule has 1 aliphatic rings. The van der Waals surface area contributed by atoms with Gasteiger partial charge in [-0.3, -0.25) is 0 Å². The van der Waals surface area contributed by atoms with E-state index in [1.807, 2.05) is 0 Å². The standard InChI is InChI=1S/C15H30/c1-12-8-7-9-13(10-12)15(5,6)11-14(2,3)4/h12-13H,7-11H2,1-6H3. The lowest BCUT2D eigenvalue weighted by Crippen LogP contribution is -2.32. The molecule has 0 aromatic rings. The zero-order chi connectivity index (χ0) is 11.7.